The van der Waals surface area contributed by atoms with Crippen molar-refractivity contribution in [3.8, 4) is 0 Å². The van der Waals surface area contributed by atoms with E-state index in [0.29, 0.717) is 6.54 Å². The average Bonchev–Trinajstić information content (AvgIpc) is 3.02. The molecule has 0 bridgehead atoms. The molecule has 0 aliphatic carbocycles. The first-order valence-corrected chi connectivity index (χ1v) is 10.5. The number of hydrogen-bond donors (Lipinski definition) is 1. The largest absolute Gasteiger partial charge is 0.357 e. The molecule has 0 unspecified atom stereocenters. The number of rotatable bonds is 6. The van der Waals surface area contributed by atoms with Crippen LogP contribution in [0.25, 0.3) is 0 Å². The molecule has 0 amide bonds. The second-order valence-electron chi connectivity index (χ2n) is 7.56. The summed E-state index contributed by atoms with van der Waals surface area (Å²) >= 11 is 6.13. The number of aromatic nitrogens is 2. The van der Waals surface area contributed by atoms with Crippen LogP contribution in [0, 0.1) is 0 Å². The monoisotopic (exact) mass is 417 g/mol. The van der Waals surface area contributed by atoms with Crippen molar-refractivity contribution in [2.24, 2.45) is 12.0 Å². The van der Waals surface area contributed by atoms with Gasteiger partial charge in [0.25, 0.3) is 0 Å². The van der Waals surface area contributed by atoms with Crippen molar-refractivity contribution >= 4 is 23.4 Å². The quantitative estimate of drug-likeness (QED) is 0.577. The summed E-state index contributed by atoms with van der Waals surface area (Å²) in [5.41, 5.74) is 2.30. The third-order valence-electron chi connectivity index (χ3n) is 5.24. The highest BCUT2D eigenvalue weighted by Gasteiger charge is 2.18. The van der Waals surface area contributed by atoms with Crippen LogP contribution in [0.1, 0.15) is 18.2 Å². The van der Waals surface area contributed by atoms with E-state index in [0.717, 1.165) is 67.3 Å². The van der Waals surface area contributed by atoms with Crippen molar-refractivity contribution in [3.63, 3.8) is 0 Å². The Balaban J connectivity index is 1.74. The van der Waals surface area contributed by atoms with Crippen LogP contribution in [0.2, 0.25) is 5.02 Å². The predicted molar refractivity (Wildman–Crippen MR) is 121 cm³/mol. The number of aliphatic imine (C=N–C) groups is 1. The summed E-state index contributed by atoms with van der Waals surface area (Å²) in [5, 5.41) is 4.15. The molecule has 1 aliphatic rings. The number of nitrogens with one attached hydrogen (secondary N) is 1. The molecule has 0 aromatic carbocycles. The van der Waals surface area contributed by atoms with Crippen molar-refractivity contribution in [1.29, 1.82) is 0 Å². The van der Waals surface area contributed by atoms with Crippen LogP contribution in [0.5, 0.6) is 0 Å². The van der Waals surface area contributed by atoms with E-state index in [2.05, 4.69) is 49.6 Å². The molecule has 7 nitrogen and oxygen atoms in total. The van der Waals surface area contributed by atoms with E-state index < -0.39 is 0 Å². The minimum Gasteiger partial charge on any atom is -0.357 e. The zero-order chi connectivity index (χ0) is 20.8. The van der Waals surface area contributed by atoms with E-state index in [1.165, 1.54) is 0 Å². The first kappa shape index (κ1) is 21.5. The van der Waals surface area contributed by atoms with Gasteiger partial charge in [0.1, 0.15) is 5.82 Å². The van der Waals surface area contributed by atoms with E-state index in [1.54, 1.807) is 0 Å². The van der Waals surface area contributed by atoms with Crippen molar-refractivity contribution in [2.75, 3.05) is 51.7 Å². The molecule has 3 rings (SSSR count). The highest BCUT2D eigenvalue weighted by atomic mass is 35.5. The van der Waals surface area contributed by atoms with Crippen molar-refractivity contribution in [1.82, 2.24) is 24.7 Å². The predicted octanol–water partition coefficient (Wildman–Crippen LogP) is 2.42. The zero-order valence-corrected chi connectivity index (χ0v) is 18.7. The minimum absolute atomic E-state index is 0.593. The molecular weight excluding hydrogens is 386 g/mol. The van der Waals surface area contributed by atoms with Gasteiger partial charge in [-0.05, 0) is 26.1 Å². The SMILES string of the molecule is CCNC(=NCc1cccnc1N1CCN(C)CC1)N(C)Cc1cc(Cl)cn1C. The molecule has 0 spiro atoms. The summed E-state index contributed by atoms with van der Waals surface area (Å²) < 4.78 is 2.05. The van der Waals surface area contributed by atoms with Crippen LogP contribution in [0.15, 0.2) is 35.6 Å². The van der Waals surface area contributed by atoms with Crippen LogP contribution in [0.3, 0.4) is 0 Å². The number of hydrogen-bond acceptors (Lipinski definition) is 4. The van der Waals surface area contributed by atoms with Crippen LogP contribution < -0.4 is 10.2 Å². The van der Waals surface area contributed by atoms with Crippen LogP contribution in [-0.2, 0) is 20.1 Å². The van der Waals surface area contributed by atoms with Gasteiger partial charge in [0.05, 0.1) is 18.1 Å². The van der Waals surface area contributed by atoms with E-state index in [1.807, 2.05) is 38.6 Å². The highest BCUT2D eigenvalue weighted by Crippen LogP contribution is 2.20. The molecule has 8 heteroatoms. The van der Waals surface area contributed by atoms with Crippen LogP contribution in [0.4, 0.5) is 5.82 Å². The van der Waals surface area contributed by atoms with Gasteiger partial charge in [-0.1, -0.05) is 17.7 Å². The molecule has 1 saturated heterocycles. The van der Waals surface area contributed by atoms with Gasteiger partial charge < -0.3 is 24.6 Å². The standard InChI is InChI=1S/C21H32ClN7/c1-5-23-21(28(4)16-19-13-18(22)15-27(19)3)25-14-17-7-6-8-24-20(17)29-11-9-26(2)10-12-29/h6-8,13,15H,5,9-12,14,16H2,1-4H3,(H,23,25). The van der Waals surface area contributed by atoms with Crippen LogP contribution in [-0.4, -0.2) is 72.1 Å². The molecule has 158 valence electrons. The Labute approximate surface area is 179 Å². The lowest BCUT2D eigenvalue weighted by molar-refractivity contribution is 0.312. The Kier molecular flexibility index (Phi) is 7.39. The molecule has 0 saturated carbocycles. The van der Waals surface area contributed by atoms with Gasteiger partial charge in [-0.25, -0.2) is 9.98 Å². The lowest BCUT2D eigenvalue weighted by atomic mass is 10.2. The van der Waals surface area contributed by atoms with E-state index >= 15 is 0 Å². The molecule has 2 aromatic heterocycles. The fourth-order valence-electron chi connectivity index (χ4n) is 3.53. The van der Waals surface area contributed by atoms with Gasteiger partial charge in [0.2, 0.25) is 0 Å². The van der Waals surface area contributed by atoms with Gasteiger partial charge in [-0.15, -0.1) is 0 Å². The number of guanidine groups is 1. The smallest absolute Gasteiger partial charge is 0.194 e. The fraction of sp³-hybridized carbons (Fsp3) is 0.524. The molecule has 3 heterocycles. The van der Waals surface area contributed by atoms with Crippen molar-refractivity contribution in [2.45, 2.75) is 20.0 Å². The summed E-state index contributed by atoms with van der Waals surface area (Å²) in [7, 11) is 6.23. The highest BCUT2D eigenvalue weighted by molar-refractivity contribution is 6.30. The van der Waals surface area contributed by atoms with Gasteiger partial charge >= 0.3 is 0 Å². The third kappa shape index (κ3) is 5.64. The summed E-state index contributed by atoms with van der Waals surface area (Å²) in [5.74, 6) is 1.93. The number of aryl methyl sites for hydroxylation is 1. The molecule has 0 radical (unpaired) electrons. The zero-order valence-electron chi connectivity index (χ0n) is 17.9. The summed E-state index contributed by atoms with van der Waals surface area (Å²) in [6, 6.07) is 6.12. The van der Waals surface area contributed by atoms with Gasteiger partial charge in [0, 0.05) is 70.5 Å². The Morgan fingerprint density at radius 1 is 1.28 bits per heavy atom. The van der Waals surface area contributed by atoms with Crippen LogP contribution >= 0.6 is 11.6 Å². The van der Waals surface area contributed by atoms with Gasteiger partial charge in [0.15, 0.2) is 5.96 Å². The summed E-state index contributed by atoms with van der Waals surface area (Å²) in [4.78, 5) is 16.4. The molecule has 1 fully saturated rings. The summed E-state index contributed by atoms with van der Waals surface area (Å²) in [6.07, 6.45) is 3.80. The number of pyridine rings is 1. The van der Waals surface area contributed by atoms with Gasteiger partial charge in [-0.2, -0.15) is 0 Å². The molecule has 1 aliphatic heterocycles. The van der Waals surface area contributed by atoms with E-state index in [4.69, 9.17) is 16.6 Å². The number of likely N-dealkylation sites (N-methyl/N-ethyl adjacent to an activating group) is 1. The second-order valence-corrected chi connectivity index (χ2v) is 8.00. The number of halogens is 1. The molecule has 1 N–H and O–H groups in total. The average molecular weight is 418 g/mol. The first-order chi connectivity index (χ1) is 14.0. The Hall–Kier alpha value is -2.25. The molecular formula is C21H32ClN7. The second kappa shape index (κ2) is 9.98. The maximum Gasteiger partial charge on any atom is 0.194 e. The summed E-state index contributed by atoms with van der Waals surface area (Å²) in [6.45, 7) is 8.34. The minimum atomic E-state index is 0.593. The Morgan fingerprint density at radius 2 is 2.03 bits per heavy atom. The molecule has 2 aromatic rings. The molecule has 29 heavy (non-hydrogen) atoms. The van der Waals surface area contributed by atoms with Crippen molar-refractivity contribution in [3.05, 3.63) is 46.9 Å². The van der Waals surface area contributed by atoms with E-state index in [-0.39, 0.29) is 0 Å². The van der Waals surface area contributed by atoms with E-state index in [9.17, 15) is 0 Å². The number of piperazine rings is 1. The number of nitrogens with zero attached hydrogens (tertiary/aromatic N) is 6. The first-order valence-electron chi connectivity index (χ1n) is 10.2. The topological polar surface area (TPSA) is 51.9 Å². The maximum absolute atomic E-state index is 6.13. The molecule has 0 atom stereocenters. The lowest BCUT2D eigenvalue weighted by Crippen LogP contribution is -2.45. The van der Waals surface area contributed by atoms with Crippen molar-refractivity contribution < 1.29 is 0 Å². The maximum atomic E-state index is 6.13. The fourth-order valence-corrected chi connectivity index (χ4v) is 3.80. The Morgan fingerprint density at radius 3 is 2.69 bits per heavy atom. The number of anilines is 1. The lowest BCUT2D eigenvalue weighted by Gasteiger charge is -2.34. The third-order valence-corrected chi connectivity index (χ3v) is 5.45. The normalized spacial score (nSPS) is 15.6. The van der Waals surface area contributed by atoms with Gasteiger partial charge in [-0.3, -0.25) is 0 Å². The Bertz CT molecular complexity index is 824.